The van der Waals surface area contributed by atoms with Gasteiger partial charge in [0, 0.05) is 31.9 Å². The number of phenolic OH excluding ortho intramolecular Hbond substituents is 2. The van der Waals surface area contributed by atoms with Crippen LogP contribution in [0.5, 0.6) is 11.5 Å². The zero-order chi connectivity index (χ0) is 22.9. The van der Waals surface area contributed by atoms with Crippen molar-refractivity contribution in [2.24, 2.45) is 0 Å². The van der Waals surface area contributed by atoms with Crippen LogP contribution in [0.15, 0.2) is 54.1 Å². The molecule has 3 N–H and O–H groups in total. The average molecular weight is 549 g/mol. The molecule has 2 aliphatic carbocycles. The van der Waals surface area contributed by atoms with Crippen molar-refractivity contribution in [3.05, 3.63) is 91.1 Å². The molecule has 0 saturated heterocycles. The third-order valence-electron chi connectivity index (χ3n) is 7.52. The Kier molecular flexibility index (Phi) is 4.80. The average Bonchev–Trinajstić information content (AvgIpc) is 3.28. The van der Waals surface area contributed by atoms with Gasteiger partial charge >= 0.3 is 0 Å². The van der Waals surface area contributed by atoms with Crippen LogP contribution in [-0.4, -0.2) is 16.1 Å². The molecule has 5 heteroatoms. The minimum absolute atomic E-state index is 0.00455. The van der Waals surface area contributed by atoms with Gasteiger partial charge in [-0.3, -0.25) is 4.79 Å². The summed E-state index contributed by atoms with van der Waals surface area (Å²) in [6, 6.07) is 16.0. The summed E-state index contributed by atoms with van der Waals surface area (Å²) in [7, 11) is 0. The quantitative estimate of drug-likeness (QED) is 0.262. The summed E-state index contributed by atoms with van der Waals surface area (Å²) in [5.41, 5.74) is 8.41. The fraction of sp³-hybridized carbons (Fsp3) is 0.250. The molecular weight excluding hydrogens is 525 g/mol. The van der Waals surface area contributed by atoms with Crippen molar-refractivity contribution in [2.45, 2.75) is 44.4 Å². The Labute approximate surface area is 206 Å². The number of halogens is 1. The first-order valence-corrected chi connectivity index (χ1v) is 12.5. The first-order valence-electron chi connectivity index (χ1n) is 11.4. The summed E-state index contributed by atoms with van der Waals surface area (Å²) in [5.74, 6) is 0.0789. The number of benzene rings is 3. The number of anilines is 1. The number of carbonyl (C=O) groups excluding carboxylic acids is 1. The van der Waals surface area contributed by atoms with E-state index < -0.39 is 0 Å². The van der Waals surface area contributed by atoms with Gasteiger partial charge in [0.15, 0.2) is 0 Å². The molecular formula is C28H24INO3. The summed E-state index contributed by atoms with van der Waals surface area (Å²) in [6.45, 7) is 2.06. The van der Waals surface area contributed by atoms with E-state index >= 15 is 0 Å². The molecule has 2 atom stereocenters. The van der Waals surface area contributed by atoms with Crippen LogP contribution in [0.25, 0.3) is 5.57 Å². The van der Waals surface area contributed by atoms with Gasteiger partial charge in [0.25, 0.3) is 0 Å². The highest BCUT2D eigenvalue weighted by atomic mass is 127. The molecule has 1 heterocycles. The molecule has 0 spiro atoms. The Bertz CT molecular complexity index is 1370. The van der Waals surface area contributed by atoms with E-state index in [1.165, 1.54) is 0 Å². The van der Waals surface area contributed by atoms with Crippen LogP contribution in [0.1, 0.15) is 65.0 Å². The number of nitrogens with one attached hydrogen (secondary N) is 1. The van der Waals surface area contributed by atoms with E-state index in [0.29, 0.717) is 5.56 Å². The maximum atomic E-state index is 13.2. The van der Waals surface area contributed by atoms with Crippen molar-refractivity contribution in [3.63, 3.8) is 0 Å². The van der Waals surface area contributed by atoms with Gasteiger partial charge < -0.3 is 15.5 Å². The Balaban J connectivity index is 1.58. The lowest BCUT2D eigenvalue weighted by Gasteiger charge is -2.22. The Morgan fingerprint density at radius 1 is 0.909 bits per heavy atom. The maximum absolute atomic E-state index is 13.2. The topological polar surface area (TPSA) is 69.6 Å². The van der Waals surface area contributed by atoms with Crippen LogP contribution in [-0.2, 0) is 17.6 Å². The molecule has 4 nitrogen and oxygen atoms in total. The minimum atomic E-state index is -0.332. The number of hydrogen-bond donors (Lipinski definition) is 3. The third kappa shape index (κ3) is 3.05. The molecule has 0 aromatic heterocycles. The van der Waals surface area contributed by atoms with Crippen LogP contribution in [0.3, 0.4) is 0 Å². The molecule has 0 saturated carbocycles. The van der Waals surface area contributed by atoms with E-state index in [-0.39, 0.29) is 29.2 Å². The van der Waals surface area contributed by atoms with E-state index in [0.717, 1.165) is 73.9 Å². The predicted octanol–water partition coefficient (Wildman–Crippen LogP) is 6.24. The monoisotopic (exact) mass is 549 g/mol. The fourth-order valence-electron chi connectivity index (χ4n) is 6.07. The van der Waals surface area contributed by atoms with Crippen LogP contribution >= 0.6 is 22.6 Å². The van der Waals surface area contributed by atoms with Crippen LogP contribution in [0, 0.1) is 3.57 Å². The Hall–Kier alpha value is -2.80. The lowest BCUT2D eigenvalue weighted by molar-refractivity contribution is -0.117. The lowest BCUT2D eigenvalue weighted by Crippen LogP contribution is -2.19. The molecule has 3 aliphatic rings. The normalized spacial score (nSPS) is 21.0. The maximum Gasteiger partial charge on any atom is 0.232 e. The number of fused-ring (bicyclic) bond motifs is 3. The summed E-state index contributed by atoms with van der Waals surface area (Å²) < 4.78 is 1.10. The molecule has 0 bridgehead atoms. The fourth-order valence-corrected chi connectivity index (χ4v) is 6.58. The summed E-state index contributed by atoms with van der Waals surface area (Å²) in [6.07, 6.45) is 3.61. The predicted molar refractivity (Wildman–Crippen MR) is 138 cm³/mol. The molecule has 3 aromatic rings. The zero-order valence-electron chi connectivity index (χ0n) is 18.3. The van der Waals surface area contributed by atoms with Crippen molar-refractivity contribution in [3.8, 4) is 11.5 Å². The SMILES string of the molecule is CC1=C(c2cc(O)c3c(c2O)CCCC3)c2ccccc2C1C1C(=O)Nc2ccc(I)cc21. The van der Waals surface area contributed by atoms with Crippen LogP contribution in [0.4, 0.5) is 5.69 Å². The van der Waals surface area contributed by atoms with Crippen molar-refractivity contribution in [1.29, 1.82) is 0 Å². The highest BCUT2D eigenvalue weighted by Crippen LogP contribution is 2.55. The molecule has 3 aromatic carbocycles. The van der Waals surface area contributed by atoms with Gasteiger partial charge in [-0.2, -0.15) is 0 Å². The van der Waals surface area contributed by atoms with Crippen LogP contribution < -0.4 is 5.32 Å². The second kappa shape index (κ2) is 7.62. The highest BCUT2D eigenvalue weighted by Gasteiger charge is 2.43. The van der Waals surface area contributed by atoms with Crippen LogP contribution in [0.2, 0.25) is 0 Å². The third-order valence-corrected chi connectivity index (χ3v) is 8.19. The van der Waals surface area contributed by atoms with Crippen molar-refractivity contribution < 1.29 is 15.0 Å². The first-order chi connectivity index (χ1) is 16.0. The smallest absolute Gasteiger partial charge is 0.232 e. The van der Waals surface area contributed by atoms with Gasteiger partial charge in [-0.1, -0.05) is 29.8 Å². The minimum Gasteiger partial charge on any atom is -0.508 e. The standard InChI is InChI=1S/C28H24INO3/c1-14-24(21-13-23(31)16-6-2-5-9-19(16)27(21)32)17-7-3-4-8-18(17)25(14)26-20-12-15(29)10-11-22(20)30-28(26)33/h3-4,7-8,10-13,25-26,31-32H,2,5-6,9H2,1H3,(H,30,33). The number of aromatic hydroxyl groups is 2. The van der Waals surface area contributed by atoms with Crippen molar-refractivity contribution in [2.75, 3.05) is 5.32 Å². The second-order valence-electron chi connectivity index (χ2n) is 9.28. The molecule has 166 valence electrons. The molecule has 1 amide bonds. The van der Waals surface area contributed by atoms with E-state index in [1.807, 2.05) is 24.3 Å². The Morgan fingerprint density at radius 2 is 1.67 bits per heavy atom. The van der Waals surface area contributed by atoms with E-state index in [1.54, 1.807) is 6.07 Å². The van der Waals surface area contributed by atoms with E-state index in [4.69, 9.17) is 0 Å². The summed E-state index contributed by atoms with van der Waals surface area (Å²) >= 11 is 2.29. The van der Waals surface area contributed by atoms with Gasteiger partial charge in [0.1, 0.15) is 11.5 Å². The molecule has 6 rings (SSSR count). The summed E-state index contributed by atoms with van der Waals surface area (Å²) in [4.78, 5) is 13.2. The molecule has 2 unspecified atom stereocenters. The number of carbonyl (C=O) groups is 1. The summed E-state index contributed by atoms with van der Waals surface area (Å²) in [5, 5.41) is 25.2. The number of rotatable bonds is 2. The number of allylic oxidation sites excluding steroid dienone is 1. The second-order valence-corrected chi connectivity index (χ2v) is 10.5. The van der Waals surface area contributed by atoms with E-state index in [9.17, 15) is 15.0 Å². The van der Waals surface area contributed by atoms with E-state index in [2.05, 4.69) is 53.0 Å². The van der Waals surface area contributed by atoms with Crippen molar-refractivity contribution in [1.82, 2.24) is 0 Å². The highest BCUT2D eigenvalue weighted by molar-refractivity contribution is 14.1. The molecule has 0 fully saturated rings. The number of phenols is 2. The van der Waals surface area contributed by atoms with Gasteiger partial charge in [-0.15, -0.1) is 0 Å². The largest absolute Gasteiger partial charge is 0.508 e. The molecule has 0 radical (unpaired) electrons. The molecule has 1 aliphatic heterocycles. The van der Waals surface area contributed by atoms with Gasteiger partial charge in [-0.05, 0) is 102 Å². The van der Waals surface area contributed by atoms with Crippen molar-refractivity contribution >= 4 is 39.8 Å². The number of amides is 1. The van der Waals surface area contributed by atoms with Gasteiger partial charge in [0.2, 0.25) is 5.91 Å². The lowest BCUT2D eigenvalue weighted by atomic mass is 9.80. The van der Waals surface area contributed by atoms with Gasteiger partial charge in [-0.25, -0.2) is 0 Å². The first kappa shape index (κ1) is 20.8. The zero-order valence-corrected chi connectivity index (χ0v) is 20.4. The number of hydrogen-bond acceptors (Lipinski definition) is 3. The molecule has 33 heavy (non-hydrogen) atoms. The Morgan fingerprint density at radius 3 is 2.48 bits per heavy atom. The van der Waals surface area contributed by atoms with Gasteiger partial charge in [0.05, 0.1) is 5.92 Å².